The molecular weight excluding hydrogens is 246 g/mol. The van der Waals surface area contributed by atoms with Crippen LogP contribution in [0.15, 0.2) is 18.7 Å². The maximum absolute atomic E-state index is 11.7. The van der Waals surface area contributed by atoms with Gasteiger partial charge < -0.3 is 14.4 Å². The molecule has 0 saturated carbocycles. The SMILES string of the molecule is COC(=O)C1C(O)CCCN1CCCn1ccnc1. The molecule has 1 aliphatic rings. The van der Waals surface area contributed by atoms with Crippen molar-refractivity contribution >= 4 is 5.97 Å². The molecule has 6 nitrogen and oxygen atoms in total. The van der Waals surface area contributed by atoms with Crippen LogP contribution in [0.5, 0.6) is 0 Å². The molecule has 2 rings (SSSR count). The van der Waals surface area contributed by atoms with E-state index in [1.165, 1.54) is 7.11 Å². The smallest absolute Gasteiger partial charge is 0.325 e. The Morgan fingerprint density at radius 1 is 1.53 bits per heavy atom. The minimum absolute atomic E-state index is 0.338. The van der Waals surface area contributed by atoms with E-state index in [1.54, 1.807) is 12.5 Å². The van der Waals surface area contributed by atoms with Crippen LogP contribution in [-0.4, -0.2) is 57.9 Å². The van der Waals surface area contributed by atoms with Gasteiger partial charge >= 0.3 is 5.97 Å². The largest absolute Gasteiger partial charge is 0.468 e. The number of methoxy groups -OCH3 is 1. The molecule has 1 saturated heterocycles. The van der Waals surface area contributed by atoms with Crippen LogP contribution in [0.4, 0.5) is 0 Å². The quantitative estimate of drug-likeness (QED) is 0.776. The van der Waals surface area contributed by atoms with Gasteiger partial charge in [-0.1, -0.05) is 0 Å². The summed E-state index contributed by atoms with van der Waals surface area (Å²) in [6.07, 6.45) is 7.33. The summed E-state index contributed by atoms with van der Waals surface area (Å²) in [5, 5.41) is 9.97. The lowest BCUT2D eigenvalue weighted by Crippen LogP contribution is -2.53. The number of aliphatic hydroxyl groups is 1. The number of hydrogen-bond acceptors (Lipinski definition) is 5. The molecule has 6 heteroatoms. The summed E-state index contributed by atoms with van der Waals surface area (Å²) in [7, 11) is 1.37. The number of aromatic nitrogens is 2. The molecule has 0 aliphatic carbocycles. The van der Waals surface area contributed by atoms with Gasteiger partial charge in [0.1, 0.15) is 6.04 Å². The van der Waals surface area contributed by atoms with Crippen LogP contribution < -0.4 is 0 Å². The number of carbonyl (C=O) groups excluding carboxylic acids is 1. The zero-order valence-corrected chi connectivity index (χ0v) is 11.2. The molecule has 0 amide bonds. The summed E-state index contributed by atoms with van der Waals surface area (Å²) in [6, 6.07) is -0.512. The first-order valence-corrected chi connectivity index (χ1v) is 6.68. The zero-order valence-electron chi connectivity index (χ0n) is 11.2. The Balaban J connectivity index is 1.87. The van der Waals surface area contributed by atoms with Gasteiger partial charge in [-0.15, -0.1) is 0 Å². The standard InChI is InChI=1S/C13H21N3O3/c1-19-13(18)12-11(17)4-2-7-16(12)8-3-6-15-9-5-14-10-15/h5,9-12,17H,2-4,6-8H2,1H3. The van der Waals surface area contributed by atoms with Crippen LogP contribution in [0.25, 0.3) is 0 Å². The van der Waals surface area contributed by atoms with Gasteiger partial charge in [0.05, 0.1) is 19.5 Å². The molecule has 106 valence electrons. The molecule has 2 heterocycles. The predicted molar refractivity (Wildman–Crippen MR) is 69.5 cm³/mol. The summed E-state index contributed by atoms with van der Waals surface area (Å²) in [6.45, 7) is 2.47. The lowest BCUT2D eigenvalue weighted by Gasteiger charge is -2.37. The maximum Gasteiger partial charge on any atom is 0.325 e. The molecule has 0 aromatic carbocycles. The Labute approximate surface area is 113 Å². The van der Waals surface area contributed by atoms with E-state index in [0.29, 0.717) is 6.42 Å². The highest BCUT2D eigenvalue weighted by Gasteiger charge is 2.36. The van der Waals surface area contributed by atoms with Gasteiger partial charge in [-0.3, -0.25) is 9.69 Å². The number of imidazole rings is 1. The van der Waals surface area contributed by atoms with Crippen LogP contribution in [0.1, 0.15) is 19.3 Å². The van der Waals surface area contributed by atoms with E-state index in [1.807, 2.05) is 15.7 Å². The molecular formula is C13H21N3O3. The van der Waals surface area contributed by atoms with E-state index in [4.69, 9.17) is 4.74 Å². The Morgan fingerprint density at radius 3 is 3.05 bits per heavy atom. The van der Waals surface area contributed by atoms with Gasteiger partial charge in [0, 0.05) is 25.5 Å². The fourth-order valence-corrected chi connectivity index (χ4v) is 2.60. The molecule has 0 radical (unpaired) electrons. The minimum atomic E-state index is -0.616. The minimum Gasteiger partial charge on any atom is -0.468 e. The van der Waals surface area contributed by atoms with Gasteiger partial charge in [0.2, 0.25) is 0 Å². The Morgan fingerprint density at radius 2 is 2.37 bits per heavy atom. The van der Waals surface area contributed by atoms with Crippen molar-refractivity contribution in [3.8, 4) is 0 Å². The van der Waals surface area contributed by atoms with Gasteiger partial charge in [0.25, 0.3) is 0 Å². The summed E-state index contributed by atoms with van der Waals surface area (Å²) >= 11 is 0. The molecule has 2 unspecified atom stereocenters. The first kappa shape index (κ1) is 14.0. The van der Waals surface area contributed by atoms with E-state index < -0.39 is 12.1 Å². The van der Waals surface area contributed by atoms with Crippen molar-refractivity contribution in [1.82, 2.24) is 14.5 Å². The molecule has 0 bridgehead atoms. The Kier molecular flexibility index (Phi) is 4.93. The number of aliphatic hydroxyl groups excluding tert-OH is 1. The predicted octanol–water partition coefficient (Wildman–Crippen LogP) is 0.271. The average molecular weight is 267 g/mol. The lowest BCUT2D eigenvalue weighted by molar-refractivity contribution is -0.154. The fraction of sp³-hybridized carbons (Fsp3) is 0.692. The van der Waals surface area contributed by atoms with Crippen molar-refractivity contribution in [3.05, 3.63) is 18.7 Å². The molecule has 2 atom stereocenters. The molecule has 1 N–H and O–H groups in total. The zero-order chi connectivity index (χ0) is 13.7. The molecule has 0 spiro atoms. The highest BCUT2D eigenvalue weighted by atomic mass is 16.5. The van der Waals surface area contributed by atoms with Crippen molar-refractivity contribution in [2.45, 2.75) is 38.0 Å². The van der Waals surface area contributed by atoms with Crippen molar-refractivity contribution in [1.29, 1.82) is 0 Å². The summed E-state index contributed by atoms with van der Waals surface area (Å²) in [4.78, 5) is 17.8. The third-order valence-corrected chi connectivity index (χ3v) is 3.57. The topological polar surface area (TPSA) is 67.6 Å². The molecule has 1 fully saturated rings. The summed E-state index contributed by atoms with van der Waals surface area (Å²) in [5.41, 5.74) is 0. The first-order chi connectivity index (χ1) is 9.22. The Bertz CT molecular complexity index is 394. The van der Waals surface area contributed by atoms with E-state index in [2.05, 4.69) is 4.98 Å². The summed E-state index contributed by atoms with van der Waals surface area (Å²) in [5.74, 6) is -0.338. The van der Waals surface area contributed by atoms with E-state index >= 15 is 0 Å². The summed E-state index contributed by atoms with van der Waals surface area (Å²) < 4.78 is 6.79. The van der Waals surface area contributed by atoms with Crippen molar-refractivity contribution in [2.75, 3.05) is 20.2 Å². The van der Waals surface area contributed by atoms with Crippen LogP contribution in [0.2, 0.25) is 0 Å². The molecule has 19 heavy (non-hydrogen) atoms. The van der Waals surface area contributed by atoms with Gasteiger partial charge in [-0.2, -0.15) is 0 Å². The van der Waals surface area contributed by atoms with Crippen LogP contribution in [-0.2, 0) is 16.1 Å². The van der Waals surface area contributed by atoms with Gasteiger partial charge in [-0.25, -0.2) is 4.98 Å². The monoisotopic (exact) mass is 267 g/mol. The van der Waals surface area contributed by atoms with Crippen molar-refractivity contribution in [2.24, 2.45) is 0 Å². The van der Waals surface area contributed by atoms with E-state index in [0.717, 1.165) is 32.5 Å². The highest BCUT2D eigenvalue weighted by molar-refractivity contribution is 5.76. The lowest BCUT2D eigenvalue weighted by atomic mass is 9.98. The van der Waals surface area contributed by atoms with Crippen LogP contribution in [0, 0.1) is 0 Å². The normalized spacial score (nSPS) is 24.3. The number of hydrogen-bond donors (Lipinski definition) is 1. The Hall–Kier alpha value is -1.40. The van der Waals surface area contributed by atoms with E-state index in [9.17, 15) is 9.90 Å². The number of nitrogens with zero attached hydrogens (tertiary/aromatic N) is 3. The molecule has 1 aliphatic heterocycles. The van der Waals surface area contributed by atoms with E-state index in [-0.39, 0.29) is 5.97 Å². The van der Waals surface area contributed by atoms with Crippen LogP contribution >= 0.6 is 0 Å². The second-order valence-electron chi connectivity index (χ2n) is 4.87. The maximum atomic E-state index is 11.7. The fourth-order valence-electron chi connectivity index (χ4n) is 2.60. The molecule has 1 aromatic heterocycles. The van der Waals surface area contributed by atoms with Crippen LogP contribution in [0.3, 0.4) is 0 Å². The third kappa shape index (κ3) is 3.54. The van der Waals surface area contributed by atoms with Gasteiger partial charge in [-0.05, 0) is 25.8 Å². The number of aryl methyl sites for hydroxylation is 1. The number of ether oxygens (including phenoxy) is 1. The van der Waals surface area contributed by atoms with Gasteiger partial charge in [0.15, 0.2) is 0 Å². The second kappa shape index (κ2) is 6.68. The number of likely N-dealkylation sites (tertiary alicyclic amines) is 1. The third-order valence-electron chi connectivity index (χ3n) is 3.57. The average Bonchev–Trinajstić information content (AvgIpc) is 2.91. The molecule has 1 aromatic rings. The van der Waals surface area contributed by atoms with Crippen molar-refractivity contribution in [3.63, 3.8) is 0 Å². The second-order valence-corrected chi connectivity index (χ2v) is 4.87. The number of esters is 1. The first-order valence-electron chi connectivity index (χ1n) is 6.68. The number of carbonyl (C=O) groups is 1. The highest BCUT2D eigenvalue weighted by Crippen LogP contribution is 2.19. The number of piperidine rings is 1. The number of rotatable bonds is 5. The van der Waals surface area contributed by atoms with Crippen molar-refractivity contribution < 1.29 is 14.6 Å².